The monoisotopic (exact) mass is 215 g/mol. The molecule has 14 heavy (non-hydrogen) atoms. The second-order valence-corrected chi connectivity index (χ2v) is 4.01. The lowest BCUT2D eigenvalue weighted by Gasteiger charge is -2.08. The Balaban J connectivity index is 2.92. The van der Waals surface area contributed by atoms with Crippen LogP contribution < -0.4 is 10.5 Å². The molecule has 0 spiro atoms. The molecule has 0 aliphatic carbocycles. The fourth-order valence-corrected chi connectivity index (χ4v) is 1.88. The topological polar surface area (TPSA) is 35.2 Å². The van der Waals surface area contributed by atoms with E-state index in [0.717, 1.165) is 17.1 Å². The minimum Gasteiger partial charge on any atom is -0.494 e. The number of thioether (sulfide) groups is 1. The minimum atomic E-state index is -0.411. The number of methoxy groups -OCH3 is 1. The van der Waals surface area contributed by atoms with Crippen LogP contribution in [0.1, 0.15) is 13.3 Å². The summed E-state index contributed by atoms with van der Waals surface area (Å²) in [7, 11) is 1.45. The maximum absolute atomic E-state index is 13.1. The van der Waals surface area contributed by atoms with Gasteiger partial charge >= 0.3 is 0 Å². The SMILES string of the molecule is CCCSc1cc(OC)c(F)cc1N. The van der Waals surface area contributed by atoms with Gasteiger partial charge in [0.15, 0.2) is 11.6 Å². The van der Waals surface area contributed by atoms with Crippen molar-refractivity contribution in [1.82, 2.24) is 0 Å². The molecule has 2 nitrogen and oxygen atoms in total. The molecule has 0 fully saturated rings. The van der Waals surface area contributed by atoms with Crippen molar-refractivity contribution in [2.75, 3.05) is 18.6 Å². The Bertz CT molecular complexity index is 317. The van der Waals surface area contributed by atoms with Gasteiger partial charge in [0, 0.05) is 16.6 Å². The van der Waals surface area contributed by atoms with E-state index < -0.39 is 5.82 Å². The Morgan fingerprint density at radius 1 is 1.50 bits per heavy atom. The quantitative estimate of drug-likeness (QED) is 0.619. The first kappa shape index (κ1) is 11.2. The van der Waals surface area contributed by atoms with E-state index in [4.69, 9.17) is 10.5 Å². The highest BCUT2D eigenvalue weighted by Crippen LogP contribution is 2.31. The molecule has 0 heterocycles. The molecule has 78 valence electrons. The summed E-state index contributed by atoms with van der Waals surface area (Å²) in [6.45, 7) is 2.09. The number of rotatable bonds is 4. The van der Waals surface area contributed by atoms with Crippen LogP contribution in [0.4, 0.5) is 10.1 Å². The fraction of sp³-hybridized carbons (Fsp3) is 0.400. The predicted octanol–water partition coefficient (Wildman–Crippen LogP) is 2.92. The molecule has 0 amide bonds. The molecule has 0 radical (unpaired) electrons. The van der Waals surface area contributed by atoms with Gasteiger partial charge < -0.3 is 10.5 Å². The molecule has 0 saturated carbocycles. The lowest BCUT2D eigenvalue weighted by molar-refractivity contribution is 0.385. The standard InChI is InChI=1S/C10H14FNOS/c1-3-4-14-10-6-9(13-2)7(11)5-8(10)12/h5-6H,3-4,12H2,1-2H3. The van der Waals surface area contributed by atoms with Crippen LogP contribution in [0.3, 0.4) is 0 Å². The summed E-state index contributed by atoms with van der Waals surface area (Å²) in [6.07, 6.45) is 1.06. The molecule has 0 aromatic heterocycles. The molecule has 1 aromatic carbocycles. The number of anilines is 1. The molecule has 1 aromatic rings. The predicted molar refractivity (Wildman–Crippen MR) is 58.4 cm³/mol. The van der Waals surface area contributed by atoms with Gasteiger partial charge in [0.2, 0.25) is 0 Å². The number of benzene rings is 1. The zero-order chi connectivity index (χ0) is 10.6. The van der Waals surface area contributed by atoms with Gasteiger partial charge in [-0.3, -0.25) is 0 Å². The van der Waals surface area contributed by atoms with E-state index in [9.17, 15) is 4.39 Å². The molecule has 0 atom stereocenters. The lowest BCUT2D eigenvalue weighted by atomic mass is 10.3. The normalized spacial score (nSPS) is 10.2. The van der Waals surface area contributed by atoms with Crippen LogP contribution in [0.5, 0.6) is 5.75 Å². The molecule has 2 N–H and O–H groups in total. The van der Waals surface area contributed by atoms with Crippen LogP contribution in [-0.2, 0) is 0 Å². The summed E-state index contributed by atoms with van der Waals surface area (Å²) in [5.74, 6) is 0.808. The van der Waals surface area contributed by atoms with Gasteiger partial charge in [-0.15, -0.1) is 11.8 Å². The Hall–Kier alpha value is -0.900. The Morgan fingerprint density at radius 3 is 2.79 bits per heavy atom. The molecule has 1 rings (SSSR count). The van der Waals surface area contributed by atoms with Crippen molar-refractivity contribution in [1.29, 1.82) is 0 Å². The summed E-state index contributed by atoms with van der Waals surface area (Å²) < 4.78 is 18.0. The molecule has 0 aliphatic heterocycles. The highest BCUT2D eigenvalue weighted by atomic mass is 32.2. The smallest absolute Gasteiger partial charge is 0.167 e. The average molecular weight is 215 g/mol. The Labute approximate surface area is 87.6 Å². The van der Waals surface area contributed by atoms with E-state index in [1.165, 1.54) is 13.2 Å². The largest absolute Gasteiger partial charge is 0.494 e. The third kappa shape index (κ3) is 2.54. The van der Waals surface area contributed by atoms with Gasteiger partial charge in [0.1, 0.15) is 0 Å². The van der Waals surface area contributed by atoms with Gasteiger partial charge in [-0.25, -0.2) is 4.39 Å². The number of hydrogen-bond acceptors (Lipinski definition) is 3. The maximum Gasteiger partial charge on any atom is 0.167 e. The van der Waals surface area contributed by atoms with Crippen molar-refractivity contribution in [3.63, 3.8) is 0 Å². The highest BCUT2D eigenvalue weighted by Gasteiger charge is 2.07. The summed E-state index contributed by atoms with van der Waals surface area (Å²) in [4.78, 5) is 0.880. The zero-order valence-electron chi connectivity index (χ0n) is 8.34. The van der Waals surface area contributed by atoms with Gasteiger partial charge in [-0.2, -0.15) is 0 Å². The first-order valence-corrected chi connectivity index (χ1v) is 5.43. The van der Waals surface area contributed by atoms with Crippen molar-refractivity contribution in [2.24, 2.45) is 0 Å². The molecule has 0 aliphatic rings. The number of ether oxygens (including phenoxy) is 1. The summed E-state index contributed by atoms with van der Waals surface area (Å²) in [5.41, 5.74) is 6.14. The molecular weight excluding hydrogens is 201 g/mol. The van der Waals surface area contributed by atoms with Crippen LogP contribution >= 0.6 is 11.8 Å². The minimum absolute atomic E-state index is 0.248. The summed E-state index contributed by atoms with van der Waals surface area (Å²) >= 11 is 1.61. The van der Waals surface area contributed by atoms with Crippen molar-refractivity contribution < 1.29 is 9.13 Å². The lowest BCUT2D eigenvalue weighted by Crippen LogP contribution is -1.94. The average Bonchev–Trinajstić information content (AvgIpc) is 2.17. The Kier molecular flexibility index (Phi) is 4.07. The van der Waals surface area contributed by atoms with E-state index in [1.807, 2.05) is 0 Å². The van der Waals surface area contributed by atoms with Crippen LogP contribution in [0, 0.1) is 5.82 Å². The van der Waals surface area contributed by atoms with Crippen molar-refractivity contribution in [3.05, 3.63) is 17.9 Å². The van der Waals surface area contributed by atoms with E-state index in [1.54, 1.807) is 17.8 Å². The maximum atomic E-state index is 13.1. The second kappa shape index (κ2) is 5.10. The first-order chi connectivity index (χ1) is 6.69. The number of hydrogen-bond donors (Lipinski definition) is 1. The number of nitrogens with two attached hydrogens (primary N) is 1. The van der Waals surface area contributed by atoms with Crippen LogP contribution in [0.25, 0.3) is 0 Å². The van der Waals surface area contributed by atoms with Crippen molar-refractivity contribution >= 4 is 17.4 Å². The number of halogens is 1. The molecule has 4 heteroatoms. The third-order valence-corrected chi connectivity index (χ3v) is 3.02. The van der Waals surface area contributed by atoms with Gasteiger partial charge in [0.25, 0.3) is 0 Å². The fourth-order valence-electron chi connectivity index (χ4n) is 1.04. The van der Waals surface area contributed by atoms with E-state index >= 15 is 0 Å². The molecular formula is C10H14FNOS. The van der Waals surface area contributed by atoms with Gasteiger partial charge in [-0.1, -0.05) is 6.92 Å². The number of nitrogen functional groups attached to an aromatic ring is 1. The van der Waals surface area contributed by atoms with Gasteiger partial charge in [-0.05, 0) is 18.2 Å². The van der Waals surface area contributed by atoms with Gasteiger partial charge in [0.05, 0.1) is 7.11 Å². The van der Waals surface area contributed by atoms with Crippen molar-refractivity contribution in [2.45, 2.75) is 18.2 Å². The summed E-state index contributed by atoms with van der Waals surface area (Å²) in [6, 6.07) is 2.95. The zero-order valence-corrected chi connectivity index (χ0v) is 9.16. The van der Waals surface area contributed by atoms with E-state index in [0.29, 0.717) is 5.69 Å². The van der Waals surface area contributed by atoms with Crippen LogP contribution in [0.2, 0.25) is 0 Å². The summed E-state index contributed by atoms with van der Waals surface area (Å²) in [5, 5.41) is 0. The first-order valence-electron chi connectivity index (χ1n) is 4.44. The Morgan fingerprint density at radius 2 is 2.21 bits per heavy atom. The molecule has 0 bridgehead atoms. The second-order valence-electron chi connectivity index (χ2n) is 2.87. The third-order valence-electron chi connectivity index (χ3n) is 1.75. The molecule has 0 saturated heterocycles. The van der Waals surface area contributed by atoms with Crippen molar-refractivity contribution in [3.8, 4) is 5.75 Å². The van der Waals surface area contributed by atoms with Crippen LogP contribution in [-0.4, -0.2) is 12.9 Å². The van der Waals surface area contributed by atoms with Crippen LogP contribution in [0.15, 0.2) is 17.0 Å². The van der Waals surface area contributed by atoms with E-state index in [-0.39, 0.29) is 5.75 Å². The highest BCUT2D eigenvalue weighted by molar-refractivity contribution is 7.99. The molecule has 0 unspecified atom stereocenters. The van der Waals surface area contributed by atoms with E-state index in [2.05, 4.69) is 6.92 Å².